The van der Waals surface area contributed by atoms with Crippen molar-refractivity contribution < 1.29 is 4.74 Å². The molecule has 1 unspecified atom stereocenters. The predicted octanol–water partition coefficient (Wildman–Crippen LogP) is 1.29. The van der Waals surface area contributed by atoms with Crippen LogP contribution in [0.3, 0.4) is 0 Å². The van der Waals surface area contributed by atoms with Gasteiger partial charge in [-0.3, -0.25) is 11.3 Å². The summed E-state index contributed by atoms with van der Waals surface area (Å²) in [5.41, 5.74) is 2.60. The summed E-state index contributed by atoms with van der Waals surface area (Å²) in [5.74, 6) is 5.93. The lowest BCUT2D eigenvalue weighted by Gasteiger charge is -2.36. The molecule has 0 spiro atoms. The van der Waals surface area contributed by atoms with E-state index in [1.54, 1.807) is 0 Å². The molecule has 0 amide bonds. The van der Waals surface area contributed by atoms with E-state index >= 15 is 0 Å². The summed E-state index contributed by atoms with van der Waals surface area (Å²) >= 11 is 0. The van der Waals surface area contributed by atoms with Crippen LogP contribution in [0.1, 0.15) is 34.6 Å². The Morgan fingerprint density at radius 1 is 1.42 bits per heavy atom. The van der Waals surface area contributed by atoms with E-state index in [0.29, 0.717) is 5.92 Å². The molecule has 0 saturated carbocycles. The van der Waals surface area contributed by atoms with E-state index in [9.17, 15) is 0 Å². The van der Waals surface area contributed by atoms with Gasteiger partial charge in [0.15, 0.2) is 0 Å². The highest BCUT2D eigenvalue weighted by Gasteiger charge is 2.31. The van der Waals surface area contributed by atoms with Crippen LogP contribution in [0.25, 0.3) is 0 Å². The van der Waals surface area contributed by atoms with Crippen LogP contribution >= 0.6 is 0 Å². The van der Waals surface area contributed by atoms with Gasteiger partial charge in [0.05, 0.1) is 11.6 Å². The number of rotatable bonds is 5. The largest absolute Gasteiger partial charge is 0.374 e. The van der Waals surface area contributed by atoms with Crippen molar-refractivity contribution >= 4 is 0 Å². The summed E-state index contributed by atoms with van der Waals surface area (Å²) in [5, 5.41) is 0. The van der Waals surface area contributed by atoms with Gasteiger partial charge in [0.2, 0.25) is 0 Å². The third-order valence-corrected chi connectivity index (χ3v) is 2.11. The summed E-state index contributed by atoms with van der Waals surface area (Å²) < 4.78 is 5.60. The Morgan fingerprint density at radius 3 is 2.17 bits per heavy atom. The van der Waals surface area contributed by atoms with Gasteiger partial charge in [-0.05, 0) is 26.7 Å². The number of nitrogens with one attached hydrogen (secondary N) is 1. The quantitative estimate of drug-likeness (QED) is 0.487. The first kappa shape index (κ1) is 11.9. The maximum atomic E-state index is 5.60. The summed E-state index contributed by atoms with van der Waals surface area (Å²) in [6.45, 7) is 11.1. The lowest BCUT2D eigenvalue weighted by atomic mass is 9.89. The molecule has 0 radical (unpaired) electrons. The van der Waals surface area contributed by atoms with Crippen LogP contribution in [-0.4, -0.2) is 18.2 Å². The molecule has 0 aromatic carbocycles. The Hall–Kier alpha value is -0.120. The van der Waals surface area contributed by atoms with Crippen molar-refractivity contribution in [1.29, 1.82) is 0 Å². The Balaban J connectivity index is 4.25. The fourth-order valence-electron chi connectivity index (χ4n) is 1.66. The second-order valence-corrected chi connectivity index (χ2v) is 3.92. The number of hydrogen-bond acceptors (Lipinski definition) is 3. The van der Waals surface area contributed by atoms with E-state index in [0.717, 1.165) is 6.61 Å². The lowest BCUT2D eigenvalue weighted by molar-refractivity contribution is -0.0493. The Labute approximate surface area is 75.6 Å². The molecule has 0 fully saturated rings. The average Bonchev–Trinajstić information content (AvgIpc) is 1.86. The molecule has 0 aromatic rings. The summed E-state index contributed by atoms with van der Waals surface area (Å²) in [7, 11) is 0. The third kappa shape index (κ3) is 3.09. The molecule has 0 aliphatic rings. The zero-order valence-electron chi connectivity index (χ0n) is 8.85. The predicted molar refractivity (Wildman–Crippen MR) is 51.7 cm³/mol. The smallest absolute Gasteiger partial charge is 0.0794 e. The molecule has 3 heteroatoms. The zero-order chi connectivity index (χ0) is 9.78. The van der Waals surface area contributed by atoms with Crippen LogP contribution in [0.4, 0.5) is 0 Å². The Kier molecular flexibility index (Phi) is 4.75. The molecule has 0 heterocycles. The minimum atomic E-state index is -0.197. The maximum Gasteiger partial charge on any atom is 0.0794 e. The van der Waals surface area contributed by atoms with Gasteiger partial charge < -0.3 is 4.74 Å². The molecular weight excluding hydrogens is 152 g/mol. The van der Waals surface area contributed by atoms with Crippen molar-refractivity contribution in [3.8, 4) is 0 Å². The van der Waals surface area contributed by atoms with Crippen LogP contribution in [0, 0.1) is 5.92 Å². The molecule has 0 rings (SSSR count). The molecule has 1 atom stereocenters. The normalized spacial score (nSPS) is 15.2. The van der Waals surface area contributed by atoms with E-state index < -0.39 is 0 Å². The van der Waals surface area contributed by atoms with Gasteiger partial charge in [-0.15, -0.1) is 0 Å². The van der Waals surface area contributed by atoms with Crippen molar-refractivity contribution in [3.63, 3.8) is 0 Å². The lowest BCUT2D eigenvalue weighted by Crippen LogP contribution is -2.54. The Bertz CT molecular complexity index is 124. The van der Waals surface area contributed by atoms with Gasteiger partial charge in [0.25, 0.3) is 0 Å². The molecule has 0 saturated heterocycles. The molecular formula is C9H22N2O. The summed E-state index contributed by atoms with van der Waals surface area (Å²) in [4.78, 5) is 0. The van der Waals surface area contributed by atoms with Gasteiger partial charge in [-0.2, -0.15) is 0 Å². The van der Waals surface area contributed by atoms with Crippen LogP contribution in [0.5, 0.6) is 0 Å². The molecule has 0 aromatic heterocycles. The molecule has 3 nitrogen and oxygen atoms in total. The minimum Gasteiger partial charge on any atom is -0.374 e. The van der Waals surface area contributed by atoms with E-state index in [1.165, 1.54) is 0 Å². The molecule has 3 N–H and O–H groups in total. The van der Waals surface area contributed by atoms with Gasteiger partial charge in [-0.1, -0.05) is 13.8 Å². The van der Waals surface area contributed by atoms with Gasteiger partial charge >= 0.3 is 0 Å². The molecule has 0 aliphatic heterocycles. The first-order chi connectivity index (χ1) is 5.45. The zero-order valence-corrected chi connectivity index (χ0v) is 8.85. The number of ether oxygens (including phenoxy) is 1. The highest BCUT2D eigenvalue weighted by atomic mass is 16.5. The summed E-state index contributed by atoms with van der Waals surface area (Å²) in [6, 6.07) is 0.192. The second kappa shape index (κ2) is 4.80. The third-order valence-electron chi connectivity index (χ3n) is 2.11. The molecule has 0 aliphatic carbocycles. The van der Waals surface area contributed by atoms with Crippen LogP contribution in [-0.2, 0) is 4.74 Å². The van der Waals surface area contributed by atoms with Crippen LogP contribution in [0.15, 0.2) is 0 Å². The monoisotopic (exact) mass is 174 g/mol. The first-order valence-electron chi connectivity index (χ1n) is 4.55. The van der Waals surface area contributed by atoms with Gasteiger partial charge in [0, 0.05) is 6.61 Å². The topological polar surface area (TPSA) is 47.3 Å². The highest BCUT2D eigenvalue weighted by Crippen LogP contribution is 2.20. The van der Waals surface area contributed by atoms with Crippen LogP contribution < -0.4 is 11.3 Å². The molecule has 0 bridgehead atoms. The fraction of sp³-hybridized carbons (Fsp3) is 1.00. The SMILES string of the molecule is CCOC(C)(C)C(NN)C(C)C. The van der Waals surface area contributed by atoms with E-state index in [4.69, 9.17) is 10.6 Å². The number of nitrogens with two attached hydrogens (primary N) is 1. The van der Waals surface area contributed by atoms with Crippen molar-refractivity contribution in [2.75, 3.05) is 6.61 Å². The fourth-order valence-corrected chi connectivity index (χ4v) is 1.66. The minimum absolute atomic E-state index is 0.192. The van der Waals surface area contributed by atoms with Crippen molar-refractivity contribution in [3.05, 3.63) is 0 Å². The average molecular weight is 174 g/mol. The van der Waals surface area contributed by atoms with E-state index in [1.807, 2.05) is 6.92 Å². The van der Waals surface area contributed by atoms with E-state index in [-0.39, 0.29) is 11.6 Å². The molecule has 74 valence electrons. The summed E-state index contributed by atoms with van der Waals surface area (Å²) in [6.07, 6.45) is 0. The van der Waals surface area contributed by atoms with Crippen molar-refractivity contribution in [1.82, 2.24) is 5.43 Å². The van der Waals surface area contributed by atoms with Gasteiger partial charge in [-0.25, -0.2) is 0 Å². The second-order valence-electron chi connectivity index (χ2n) is 3.92. The van der Waals surface area contributed by atoms with Crippen molar-refractivity contribution in [2.24, 2.45) is 11.8 Å². The highest BCUT2D eigenvalue weighted by molar-refractivity contribution is 4.86. The van der Waals surface area contributed by atoms with Gasteiger partial charge in [0.1, 0.15) is 0 Å². The molecule has 12 heavy (non-hydrogen) atoms. The van der Waals surface area contributed by atoms with E-state index in [2.05, 4.69) is 33.1 Å². The number of hydrazine groups is 1. The Morgan fingerprint density at radius 2 is 1.92 bits per heavy atom. The first-order valence-corrected chi connectivity index (χ1v) is 4.55. The standard InChI is InChI=1S/C9H22N2O/c1-6-12-9(4,5)8(11-10)7(2)3/h7-8,11H,6,10H2,1-5H3. The maximum absolute atomic E-state index is 5.60. The van der Waals surface area contributed by atoms with Crippen molar-refractivity contribution in [2.45, 2.75) is 46.3 Å². The number of hydrogen-bond donors (Lipinski definition) is 2. The van der Waals surface area contributed by atoms with Crippen LogP contribution in [0.2, 0.25) is 0 Å².